The molecule has 0 aromatic heterocycles. The third-order valence-corrected chi connectivity index (χ3v) is 4.05. The second kappa shape index (κ2) is 6.73. The second-order valence-electron chi connectivity index (χ2n) is 5.80. The molecule has 2 aliphatic rings. The molecule has 5 heteroatoms. The number of rotatable bonds is 4. The van der Waals surface area contributed by atoms with Gasteiger partial charge in [0.15, 0.2) is 0 Å². The van der Waals surface area contributed by atoms with Gasteiger partial charge in [0.2, 0.25) is 5.91 Å². The predicted octanol–water partition coefficient (Wildman–Crippen LogP) is 1.01. The molecule has 2 N–H and O–H groups in total. The van der Waals surface area contributed by atoms with Crippen molar-refractivity contribution in [3.8, 4) is 0 Å². The van der Waals surface area contributed by atoms with Crippen LogP contribution >= 0.6 is 12.4 Å². The average Bonchev–Trinajstić information content (AvgIpc) is 2.70. The van der Waals surface area contributed by atoms with Gasteiger partial charge in [-0.15, -0.1) is 12.4 Å². The Morgan fingerprint density at radius 2 is 2.22 bits per heavy atom. The minimum absolute atomic E-state index is 0. The van der Waals surface area contributed by atoms with Crippen LogP contribution < -0.4 is 10.6 Å². The predicted molar refractivity (Wildman–Crippen MR) is 76.1 cm³/mol. The number of hydrogen-bond acceptors (Lipinski definition) is 3. The number of carbonyl (C=O) groups is 1. The highest BCUT2D eigenvalue weighted by molar-refractivity contribution is 5.85. The number of carbonyl (C=O) groups excluding carboxylic acids is 1. The highest BCUT2D eigenvalue weighted by Crippen LogP contribution is 2.27. The van der Waals surface area contributed by atoms with E-state index in [0.29, 0.717) is 5.41 Å². The van der Waals surface area contributed by atoms with Crippen molar-refractivity contribution in [1.29, 1.82) is 0 Å². The monoisotopic (exact) mass is 275 g/mol. The average molecular weight is 276 g/mol. The smallest absolute Gasteiger partial charge is 0.237 e. The third kappa shape index (κ3) is 3.59. The molecule has 2 fully saturated rings. The van der Waals surface area contributed by atoms with Crippen LogP contribution in [0.2, 0.25) is 0 Å². The molecule has 0 spiro atoms. The second-order valence-corrected chi connectivity index (χ2v) is 5.80. The van der Waals surface area contributed by atoms with Gasteiger partial charge in [0, 0.05) is 26.2 Å². The Morgan fingerprint density at radius 3 is 2.83 bits per heavy atom. The van der Waals surface area contributed by atoms with Gasteiger partial charge in [-0.05, 0) is 24.8 Å². The Morgan fingerprint density at radius 1 is 1.44 bits per heavy atom. The van der Waals surface area contributed by atoms with Gasteiger partial charge in [0.1, 0.15) is 0 Å². The van der Waals surface area contributed by atoms with Crippen molar-refractivity contribution in [2.24, 2.45) is 5.41 Å². The third-order valence-electron chi connectivity index (χ3n) is 4.05. The van der Waals surface area contributed by atoms with E-state index in [2.05, 4.69) is 29.4 Å². The molecule has 2 atom stereocenters. The van der Waals surface area contributed by atoms with Gasteiger partial charge in [-0.3, -0.25) is 9.69 Å². The molecule has 18 heavy (non-hydrogen) atoms. The first-order valence-corrected chi connectivity index (χ1v) is 6.87. The molecule has 4 nitrogen and oxygen atoms in total. The van der Waals surface area contributed by atoms with Crippen LogP contribution in [0, 0.1) is 5.41 Å². The van der Waals surface area contributed by atoms with Gasteiger partial charge in [-0.2, -0.15) is 0 Å². The van der Waals surface area contributed by atoms with E-state index in [-0.39, 0.29) is 24.4 Å². The Kier molecular flexibility index (Phi) is 5.89. The van der Waals surface area contributed by atoms with Gasteiger partial charge < -0.3 is 10.6 Å². The normalized spacial score (nSPS) is 33.0. The molecule has 0 aliphatic carbocycles. The molecule has 0 bridgehead atoms. The zero-order valence-corrected chi connectivity index (χ0v) is 12.3. The minimum atomic E-state index is 0. The first-order chi connectivity index (χ1) is 8.14. The van der Waals surface area contributed by atoms with Crippen LogP contribution in [0.1, 0.15) is 33.1 Å². The van der Waals surface area contributed by atoms with Crippen molar-refractivity contribution >= 4 is 18.3 Å². The lowest BCUT2D eigenvalue weighted by molar-refractivity contribution is -0.130. The van der Waals surface area contributed by atoms with Crippen LogP contribution in [0.5, 0.6) is 0 Å². The highest BCUT2D eigenvalue weighted by atomic mass is 35.5. The summed E-state index contributed by atoms with van der Waals surface area (Å²) in [6.45, 7) is 9.56. The number of hydrogen-bond donors (Lipinski definition) is 2. The molecule has 0 saturated carbocycles. The van der Waals surface area contributed by atoms with E-state index >= 15 is 0 Å². The first-order valence-electron chi connectivity index (χ1n) is 6.87. The fourth-order valence-electron chi connectivity index (χ4n) is 3.03. The van der Waals surface area contributed by atoms with Crippen LogP contribution in [0.25, 0.3) is 0 Å². The summed E-state index contributed by atoms with van der Waals surface area (Å²) >= 11 is 0. The lowest BCUT2D eigenvalue weighted by atomic mass is 9.88. The molecular weight excluding hydrogens is 250 g/mol. The quantitative estimate of drug-likeness (QED) is 0.805. The summed E-state index contributed by atoms with van der Waals surface area (Å²) in [4.78, 5) is 14.3. The van der Waals surface area contributed by atoms with Crippen molar-refractivity contribution in [3.05, 3.63) is 0 Å². The van der Waals surface area contributed by atoms with Crippen LogP contribution in [0.4, 0.5) is 0 Å². The molecule has 0 aromatic rings. The first kappa shape index (κ1) is 15.7. The van der Waals surface area contributed by atoms with Gasteiger partial charge >= 0.3 is 0 Å². The highest BCUT2D eigenvalue weighted by Gasteiger charge is 2.36. The van der Waals surface area contributed by atoms with E-state index in [1.165, 1.54) is 6.42 Å². The molecule has 0 radical (unpaired) electrons. The Bertz CT molecular complexity index is 279. The molecule has 2 aliphatic heterocycles. The van der Waals surface area contributed by atoms with Crippen LogP contribution in [0.3, 0.4) is 0 Å². The maximum Gasteiger partial charge on any atom is 0.237 e. The van der Waals surface area contributed by atoms with Crippen LogP contribution in [0.15, 0.2) is 0 Å². The van der Waals surface area contributed by atoms with Gasteiger partial charge in [0.05, 0.1) is 6.04 Å². The van der Waals surface area contributed by atoms with E-state index in [4.69, 9.17) is 0 Å². The maximum atomic E-state index is 11.9. The Balaban J connectivity index is 0.00000162. The Labute approximate surface area is 116 Å². The van der Waals surface area contributed by atoms with Crippen LogP contribution in [-0.2, 0) is 4.79 Å². The van der Waals surface area contributed by atoms with Crippen molar-refractivity contribution < 1.29 is 4.79 Å². The summed E-state index contributed by atoms with van der Waals surface area (Å²) in [5, 5.41) is 6.42. The summed E-state index contributed by atoms with van der Waals surface area (Å²) in [7, 11) is 0. The number of nitrogens with one attached hydrogen (secondary N) is 2. The molecule has 2 saturated heterocycles. The van der Waals surface area contributed by atoms with Crippen molar-refractivity contribution in [1.82, 2.24) is 15.5 Å². The van der Waals surface area contributed by atoms with E-state index in [0.717, 1.165) is 45.6 Å². The number of nitrogens with zero attached hydrogens (tertiary/aromatic N) is 1. The largest absolute Gasteiger partial charge is 0.353 e. The number of amides is 1. The number of piperazine rings is 1. The van der Waals surface area contributed by atoms with Gasteiger partial charge in [0.25, 0.3) is 0 Å². The summed E-state index contributed by atoms with van der Waals surface area (Å²) < 4.78 is 0. The molecule has 2 heterocycles. The minimum Gasteiger partial charge on any atom is -0.353 e. The van der Waals surface area contributed by atoms with Gasteiger partial charge in [-0.1, -0.05) is 20.3 Å². The zero-order chi connectivity index (χ0) is 12.3. The molecule has 0 aromatic carbocycles. The maximum absolute atomic E-state index is 11.9. The molecule has 2 rings (SSSR count). The van der Waals surface area contributed by atoms with Crippen molar-refractivity contribution in [3.63, 3.8) is 0 Å². The SMILES string of the molecule is CCCC1C(=O)NCCN1CC1(C)CCNC1.Cl. The van der Waals surface area contributed by atoms with E-state index in [9.17, 15) is 4.79 Å². The summed E-state index contributed by atoms with van der Waals surface area (Å²) in [6, 6.07) is 0.103. The van der Waals surface area contributed by atoms with E-state index in [1.54, 1.807) is 0 Å². The van der Waals surface area contributed by atoms with Gasteiger partial charge in [-0.25, -0.2) is 0 Å². The van der Waals surface area contributed by atoms with Crippen molar-refractivity contribution in [2.75, 3.05) is 32.7 Å². The molecular formula is C13H26ClN3O. The van der Waals surface area contributed by atoms with E-state index < -0.39 is 0 Å². The van der Waals surface area contributed by atoms with Crippen molar-refractivity contribution in [2.45, 2.75) is 39.2 Å². The zero-order valence-electron chi connectivity index (χ0n) is 11.5. The summed E-state index contributed by atoms with van der Waals surface area (Å²) in [5.41, 5.74) is 0.351. The topological polar surface area (TPSA) is 44.4 Å². The number of halogens is 1. The molecule has 1 amide bonds. The van der Waals surface area contributed by atoms with E-state index in [1.807, 2.05) is 0 Å². The fourth-order valence-corrected chi connectivity index (χ4v) is 3.03. The lowest BCUT2D eigenvalue weighted by Crippen LogP contribution is -2.57. The Hall–Kier alpha value is -0.320. The van der Waals surface area contributed by atoms with Crippen LogP contribution in [-0.4, -0.2) is 49.6 Å². The summed E-state index contributed by atoms with van der Waals surface area (Å²) in [6.07, 6.45) is 3.28. The fraction of sp³-hybridized carbons (Fsp3) is 0.923. The standard InChI is InChI=1S/C13H25N3O.ClH/c1-3-4-11-12(17)15-7-8-16(11)10-13(2)5-6-14-9-13;/h11,14H,3-10H2,1-2H3,(H,15,17);1H. The lowest BCUT2D eigenvalue weighted by Gasteiger charge is -2.39. The molecule has 2 unspecified atom stereocenters. The molecule has 106 valence electrons. The summed E-state index contributed by atoms with van der Waals surface area (Å²) in [5.74, 6) is 0.229.